The summed E-state index contributed by atoms with van der Waals surface area (Å²) < 4.78 is 1.62. The third kappa shape index (κ3) is 2.35. The molecule has 0 aliphatic heterocycles. The van der Waals surface area contributed by atoms with Crippen molar-refractivity contribution in [3.8, 4) is 0 Å². The summed E-state index contributed by atoms with van der Waals surface area (Å²) in [6.07, 6.45) is 3.79. The van der Waals surface area contributed by atoms with Gasteiger partial charge in [0.25, 0.3) is 0 Å². The van der Waals surface area contributed by atoms with Gasteiger partial charge in [-0.1, -0.05) is 19.8 Å². The van der Waals surface area contributed by atoms with Gasteiger partial charge in [0.2, 0.25) is 0 Å². The molecule has 0 radical (unpaired) electrons. The summed E-state index contributed by atoms with van der Waals surface area (Å²) >= 11 is 0. The Morgan fingerprint density at radius 2 is 2.28 bits per heavy atom. The van der Waals surface area contributed by atoms with Gasteiger partial charge in [0, 0.05) is 13.6 Å². The average molecular weight is 251 g/mol. The fourth-order valence-electron chi connectivity index (χ4n) is 2.87. The van der Waals surface area contributed by atoms with E-state index in [0.29, 0.717) is 23.0 Å². The molecule has 18 heavy (non-hydrogen) atoms. The van der Waals surface area contributed by atoms with Crippen LogP contribution in [-0.2, 0) is 7.05 Å². The molecular formula is C13H21N3O2. The maximum absolute atomic E-state index is 11.2. The number of anilines is 1. The Morgan fingerprint density at radius 1 is 1.56 bits per heavy atom. The number of hydrogen-bond donors (Lipinski definition) is 2. The molecule has 1 aromatic rings. The van der Waals surface area contributed by atoms with Crippen LogP contribution >= 0.6 is 0 Å². The minimum Gasteiger partial charge on any atom is -0.477 e. The van der Waals surface area contributed by atoms with E-state index in [0.717, 1.165) is 12.5 Å². The Balaban J connectivity index is 2.11. The van der Waals surface area contributed by atoms with Gasteiger partial charge < -0.3 is 10.4 Å². The predicted octanol–water partition coefficient (Wildman–Crippen LogP) is 2.27. The quantitative estimate of drug-likeness (QED) is 0.861. The zero-order valence-electron chi connectivity index (χ0n) is 11.2. The highest BCUT2D eigenvalue weighted by molar-refractivity contribution is 5.94. The number of hydrogen-bond acceptors (Lipinski definition) is 3. The van der Waals surface area contributed by atoms with Gasteiger partial charge >= 0.3 is 5.97 Å². The lowest BCUT2D eigenvalue weighted by Gasteiger charge is -2.17. The van der Waals surface area contributed by atoms with Crippen LogP contribution in [0.4, 0.5) is 5.82 Å². The standard InChI is InChI=1S/C13H21N3O2/c1-8-5-4-6-10(8)7-14-12-11(13(17)18)9(2)15-16(12)3/h8,10,14H,4-7H2,1-3H3,(H,17,18). The fraction of sp³-hybridized carbons (Fsp3) is 0.692. The zero-order chi connectivity index (χ0) is 13.3. The minimum atomic E-state index is -0.914. The number of aromatic nitrogens is 2. The Kier molecular flexibility index (Phi) is 3.59. The van der Waals surface area contributed by atoms with Crippen molar-refractivity contribution in [2.24, 2.45) is 18.9 Å². The van der Waals surface area contributed by atoms with Crippen molar-refractivity contribution in [3.05, 3.63) is 11.3 Å². The summed E-state index contributed by atoms with van der Waals surface area (Å²) in [4.78, 5) is 11.2. The molecule has 1 aliphatic rings. The summed E-state index contributed by atoms with van der Waals surface area (Å²) in [5.41, 5.74) is 0.857. The summed E-state index contributed by atoms with van der Waals surface area (Å²) in [6.45, 7) is 4.83. The van der Waals surface area contributed by atoms with Crippen LogP contribution in [0.2, 0.25) is 0 Å². The largest absolute Gasteiger partial charge is 0.477 e. The highest BCUT2D eigenvalue weighted by Crippen LogP contribution is 2.31. The molecule has 100 valence electrons. The molecule has 1 fully saturated rings. The van der Waals surface area contributed by atoms with Gasteiger partial charge in [-0.05, 0) is 25.2 Å². The van der Waals surface area contributed by atoms with Crippen LogP contribution in [0.15, 0.2) is 0 Å². The Bertz CT molecular complexity index is 453. The maximum atomic E-state index is 11.2. The average Bonchev–Trinajstić information content (AvgIpc) is 2.79. The third-order valence-electron chi connectivity index (χ3n) is 4.01. The Morgan fingerprint density at radius 3 is 2.83 bits per heavy atom. The first-order chi connectivity index (χ1) is 8.50. The summed E-state index contributed by atoms with van der Waals surface area (Å²) in [6, 6.07) is 0. The van der Waals surface area contributed by atoms with E-state index in [9.17, 15) is 9.90 Å². The summed E-state index contributed by atoms with van der Waals surface area (Å²) in [5, 5.41) is 16.7. The molecule has 2 N–H and O–H groups in total. The van der Waals surface area contributed by atoms with Gasteiger partial charge in [0.1, 0.15) is 11.4 Å². The smallest absolute Gasteiger partial charge is 0.341 e. The fourth-order valence-corrected chi connectivity index (χ4v) is 2.87. The van der Waals surface area contributed by atoms with E-state index in [1.54, 1.807) is 18.7 Å². The molecule has 0 bridgehead atoms. The molecule has 0 saturated heterocycles. The van der Waals surface area contributed by atoms with Crippen molar-refractivity contribution >= 4 is 11.8 Å². The van der Waals surface area contributed by atoms with Gasteiger partial charge in [-0.2, -0.15) is 5.10 Å². The van der Waals surface area contributed by atoms with Crippen LogP contribution in [0.1, 0.15) is 42.2 Å². The first kappa shape index (κ1) is 12.9. The molecule has 1 aliphatic carbocycles. The second-order valence-electron chi connectivity index (χ2n) is 5.29. The zero-order valence-corrected chi connectivity index (χ0v) is 11.2. The Hall–Kier alpha value is -1.52. The van der Waals surface area contributed by atoms with E-state index < -0.39 is 5.97 Å². The first-order valence-electron chi connectivity index (χ1n) is 6.51. The van der Waals surface area contributed by atoms with Gasteiger partial charge in [-0.15, -0.1) is 0 Å². The molecule has 1 saturated carbocycles. The van der Waals surface area contributed by atoms with Crippen molar-refractivity contribution in [3.63, 3.8) is 0 Å². The predicted molar refractivity (Wildman–Crippen MR) is 69.9 cm³/mol. The van der Waals surface area contributed by atoms with E-state index in [-0.39, 0.29) is 0 Å². The maximum Gasteiger partial charge on any atom is 0.341 e. The van der Waals surface area contributed by atoms with Crippen LogP contribution in [0.25, 0.3) is 0 Å². The number of aromatic carboxylic acids is 1. The lowest BCUT2D eigenvalue weighted by Crippen LogP contribution is -2.19. The minimum absolute atomic E-state index is 0.295. The molecule has 5 heteroatoms. The number of nitrogens with one attached hydrogen (secondary N) is 1. The van der Waals surface area contributed by atoms with E-state index in [2.05, 4.69) is 17.3 Å². The van der Waals surface area contributed by atoms with Crippen LogP contribution in [0.5, 0.6) is 0 Å². The lowest BCUT2D eigenvalue weighted by atomic mass is 9.98. The lowest BCUT2D eigenvalue weighted by molar-refractivity contribution is 0.0697. The van der Waals surface area contributed by atoms with Crippen LogP contribution in [0, 0.1) is 18.8 Å². The van der Waals surface area contributed by atoms with Crippen molar-refractivity contribution < 1.29 is 9.90 Å². The van der Waals surface area contributed by atoms with Crippen molar-refractivity contribution in [2.75, 3.05) is 11.9 Å². The molecule has 1 heterocycles. The van der Waals surface area contributed by atoms with Gasteiger partial charge in [0.05, 0.1) is 5.69 Å². The van der Waals surface area contributed by atoms with E-state index in [4.69, 9.17) is 0 Å². The molecule has 0 spiro atoms. The highest BCUT2D eigenvalue weighted by Gasteiger charge is 2.25. The highest BCUT2D eigenvalue weighted by atomic mass is 16.4. The van der Waals surface area contributed by atoms with Crippen molar-refractivity contribution in [1.82, 2.24) is 9.78 Å². The molecule has 0 aromatic carbocycles. The number of carboxylic acid groups (broad SMARTS) is 1. The topological polar surface area (TPSA) is 67.2 Å². The number of aryl methyl sites for hydroxylation is 2. The van der Waals surface area contributed by atoms with Crippen molar-refractivity contribution in [1.29, 1.82) is 0 Å². The monoisotopic (exact) mass is 251 g/mol. The molecule has 0 amide bonds. The first-order valence-corrected chi connectivity index (χ1v) is 6.51. The summed E-state index contributed by atoms with van der Waals surface area (Å²) in [5.74, 6) is 1.07. The van der Waals surface area contributed by atoms with Crippen LogP contribution < -0.4 is 5.32 Å². The van der Waals surface area contributed by atoms with Crippen molar-refractivity contribution in [2.45, 2.75) is 33.1 Å². The summed E-state index contributed by atoms with van der Waals surface area (Å²) in [7, 11) is 1.78. The Labute approximate surface area is 107 Å². The number of rotatable bonds is 4. The van der Waals surface area contributed by atoms with E-state index in [1.165, 1.54) is 19.3 Å². The number of carboxylic acids is 1. The molecule has 2 atom stereocenters. The van der Waals surface area contributed by atoms with E-state index >= 15 is 0 Å². The van der Waals surface area contributed by atoms with Crippen LogP contribution in [0.3, 0.4) is 0 Å². The van der Waals surface area contributed by atoms with Gasteiger partial charge in [-0.25, -0.2) is 4.79 Å². The third-order valence-corrected chi connectivity index (χ3v) is 4.01. The van der Waals surface area contributed by atoms with Gasteiger partial charge in [-0.3, -0.25) is 4.68 Å². The van der Waals surface area contributed by atoms with E-state index in [1.807, 2.05) is 0 Å². The molecule has 2 rings (SSSR count). The second-order valence-corrected chi connectivity index (χ2v) is 5.29. The number of nitrogens with zero attached hydrogens (tertiary/aromatic N) is 2. The molecule has 2 unspecified atom stereocenters. The number of carbonyl (C=O) groups is 1. The second kappa shape index (κ2) is 5.00. The van der Waals surface area contributed by atoms with Crippen LogP contribution in [-0.4, -0.2) is 27.4 Å². The normalized spacial score (nSPS) is 23.3. The molecular weight excluding hydrogens is 230 g/mol. The van der Waals surface area contributed by atoms with Gasteiger partial charge in [0.15, 0.2) is 0 Å². The SMILES string of the molecule is Cc1nn(C)c(NCC2CCCC2C)c1C(=O)O. The molecule has 1 aromatic heterocycles. The molecule has 5 nitrogen and oxygen atoms in total.